The molecule has 16 heavy (non-hydrogen) atoms. The summed E-state index contributed by atoms with van der Waals surface area (Å²) in [5, 5.41) is 8.34. The van der Waals surface area contributed by atoms with E-state index >= 15 is 0 Å². The topological polar surface area (TPSA) is 42.6 Å². The van der Waals surface area contributed by atoms with Gasteiger partial charge in [-0.1, -0.05) is 18.2 Å². The number of hydrogen-bond donors (Lipinski definition) is 0. The number of nitriles is 1. The van der Waals surface area contributed by atoms with Gasteiger partial charge < -0.3 is 9.80 Å². The van der Waals surface area contributed by atoms with E-state index in [1.165, 1.54) is 5.69 Å². The van der Waals surface area contributed by atoms with Crippen LogP contribution in [0.4, 0.5) is 5.69 Å². The fourth-order valence-corrected chi connectivity index (χ4v) is 1.84. The first kappa shape index (κ1) is 10.5. The molecule has 1 heterocycles. The highest BCUT2D eigenvalue weighted by atomic mass is 15.3. The van der Waals surface area contributed by atoms with Crippen LogP contribution >= 0.6 is 0 Å². The molecule has 0 amide bonds. The third-order valence-corrected chi connectivity index (χ3v) is 2.71. The number of anilines is 1. The van der Waals surface area contributed by atoms with Crippen molar-refractivity contribution < 1.29 is 0 Å². The van der Waals surface area contributed by atoms with Crippen LogP contribution in [0.25, 0.3) is 0 Å². The van der Waals surface area contributed by atoms with Gasteiger partial charge in [-0.05, 0) is 12.1 Å². The Morgan fingerprint density at radius 3 is 2.44 bits per heavy atom. The predicted octanol–water partition coefficient (Wildman–Crippen LogP) is 1.32. The molecular weight excluding hydrogens is 200 g/mol. The van der Waals surface area contributed by atoms with Crippen molar-refractivity contribution in [1.82, 2.24) is 4.90 Å². The molecule has 4 heteroatoms. The van der Waals surface area contributed by atoms with E-state index in [2.05, 4.69) is 39.1 Å². The fraction of sp³-hybridized carbons (Fsp3) is 0.333. The lowest BCUT2D eigenvalue weighted by molar-refractivity contribution is 0.396. The maximum Gasteiger partial charge on any atom is 0.207 e. The normalized spacial score (nSPS) is 16.4. The quantitative estimate of drug-likeness (QED) is 0.423. The maximum atomic E-state index is 8.34. The molecular formula is C12H14N4. The molecule has 0 atom stereocenters. The van der Waals surface area contributed by atoms with E-state index in [9.17, 15) is 0 Å². The monoisotopic (exact) mass is 214 g/mol. The average molecular weight is 214 g/mol. The molecule has 1 aliphatic heterocycles. The summed E-state index contributed by atoms with van der Waals surface area (Å²) in [6, 6.07) is 10.4. The van der Waals surface area contributed by atoms with Gasteiger partial charge >= 0.3 is 0 Å². The van der Waals surface area contributed by atoms with Crippen LogP contribution in [-0.2, 0) is 0 Å². The zero-order valence-corrected chi connectivity index (χ0v) is 9.08. The number of benzene rings is 1. The molecule has 82 valence electrons. The minimum atomic E-state index is 0.917. The second-order valence-electron chi connectivity index (χ2n) is 3.70. The second kappa shape index (κ2) is 5.17. The second-order valence-corrected chi connectivity index (χ2v) is 3.70. The van der Waals surface area contributed by atoms with Gasteiger partial charge in [-0.3, -0.25) is 0 Å². The summed E-state index contributed by atoms with van der Waals surface area (Å²) < 4.78 is 0. The first-order valence-electron chi connectivity index (χ1n) is 5.36. The highest BCUT2D eigenvalue weighted by Gasteiger charge is 2.14. The van der Waals surface area contributed by atoms with Crippen molar-refractivity contribution in [2.75, 3.05) is 31.1 Å². The lowest BCUT2D eigenvalue weighted by Gasteiger charge is -2.34. The molecule has 0 aliphatic carbocycles. The Bertz CT molecular complexity index is 385. The molecule has 1 aromatic rings. The van der Waals surface area contributed by atoms with Crippen LogP contribution < -0.4 is 4.90 Å². The standard InChI is InChI=1S/C12H14N4/c13-10-14-11-15-6-8-16(9-7-15)12-4-2-1-3-5-12/h1-5,11H,6-9H2. The lowest BCUT2D eigenvalue weighted by atomic mass is 10.2. The summed E-state index contributed by atoms with van der Waals surface area (Å²) in [5.74, 6) is 0. The molecule has 1 fully saturated rings. The summed E-state index contributed by atoms with van der Waals surface area (Å²) in [6.07, 6.45) is 3.40. The van der Waals surface area contributed by atoms with Crippen molar-refractivity contribution in [2.45, 2.75) is 0 Å². The Morgan fingerprint density at radius 2 is 1.81 bits per heavy atom. The van der Waals surface area contributed by atoms with E-state index in [-0.39, 0.29) is 0 Å². The van der Waals surface area contributed by atoms with Crippen LogP contribution in [0.15, 0.2) is 35.3 Å². The molecule has 1 saturated heterocycles. The van der Waals surface area contributed by atoms with Crippen LogP contribution in [0, 0.1) is 11.5 Å². The summed E-state index contributed by atoms with van der Waals surface area (Å²) in [5.41, 5.74) is 1.26. The first-order chi connectivity index (χ1) is 7.90. The van der Waals surface area contributed by atoms with Gasteiger partial charge in [-0.2, -0.15) is 10.3 Å². The van der Waals surface area contributed by atoms with E-state index < -0.39 is 0 Å². The van der Waals surface area contributed by atoms with E-state index in [0.29, 0.717) is 0 Å². The molecule has 1 aliphatic rings. The molecule has 4 nitrogen and oxygen atoms in total. The molecule has 0 spiro atoms. The molecule has 1 aromatic carbocycles. The average Bonchev–Trinajstić information content (AvgIpc) is 2.38. The SMILES string of the molecule is N#CN=CN1CCN(c2ccccc2)CC1. The van der Waals surface area contributed by atoms with Crippen LogP contribution in [-0.4, -0.2) is 37.4 Å². The zero-order chi connectivity index (χ0) is 11.2. The minimum Gasteiger partial charge on any atom is -0.368 e. The summed E-state index contributed by atoms with van der Waals surface area (Å²) in [4.78, 5) is 8.00. The third kappa shape index (κ3) is 2.51. The van der Waals surface area contributed by atoms with Crippen LogP contribution in [0.1, 0.15) is 0 Å². The smallest absolute Gasteiger partial charge is 0.207 e. The van der Waals surface area contributed by atoms with Gasteiger partial charge in [0.2, 0.25) is 6.19 Å². The Hall–Kier alpha value is -2.02. The Morgan fingerprint density at radius 1 is 1.12 bits per heavy atom. The number of rotatable bonds is 2. The van der Waals surface area contributed by atoms with Gasteiger partial charge in [0.15, 0.2) is 0 Å². The number of hydrogen-bond acceptors (Lipinski definition) is 3. The molecule has 0 N–H and O–H groups in total. The van der Waals surface area contributed by atoms with E-state index in [0.717, 1.165) is 26.2 Å². The molecule has 0 bridgehead atoms. The van der Waals surface area contributed by atoms with Crippen molar-refractivity contribution in [3.63, 3.8) is 0 Å². The zero-order valence-electron chi connectivity index (χ0n) is 9.08. The van der Waals surface area contributed by atoms with Crippen molar-refractivity contribution in [2.24, 2.45) is 4.99 Å². The lowest BCUT2D eigenvalue weighted by Crippen LogP contribution is -2.45. The molecule has 0 radical (unpaired) electrons. The van der Waals surface area contributed by atoms with Crippen LogP contribution in [0.5, 0.6) is 0 Å². The fourth-order valence-electron chi connectivity index (χ4n) is 1.84. The summed E-state index contributed by atoms with van der Waals surface area (Å²) in [6.45, 7) is 3.78. The minimum absolute atomic E-state index is 0.917. The van der Waals surface area contributed by atoms with E-state index in [1.54, 1.807) is 12.5 Å². The molecule has 0 saturated carbocycles. The van der Waals surface area contributed by atoms with Crippen molar-refractivity contribution in [3.05, 3.63) is 30.3 Å². The maximum absolute atomic E-state index is 8.34. The summed E-state index contributed by atoms with van der Waals surface area (Å²) in [7, 11) is 0. The van der Waals surface area contributed by atoms with Gasteiger partial charge in [0.1, 0.15) is 6.34 Å². The van der Waals surface area contributed by atoms with Gasteiger partial charge in [-0.15, -0.1) is 0 Å². The van der Waals surface area contributed by atoms with Crippen molar-refractivity contribution in [1.29, 1.82) is 5.26 Å². The van der Waals surface area contributed by atoms with Gasteiger partial charge in [0.25, 0.3) is 0 Å². The third-order valence-electron chi connectivity index (χ3n) is 2.71. The highest BCUT2D eigenvalue weighted by molar-refractivity contribution is 5.57. The summed E-state index contributed by atoms with van der Waals surface area (Å²) >= 11 is 0. The van der Waals surface area contributed by atoms with Gasteiger partial charge in [-0.25, -0.2) is 0 Å². The molecule has 0 unspecified atom stereocenters. The van der Waals surface area contributed by atoms with Gasteiger partial charge in [0, 0.05) is 31.9 Å². The number of nitrogens with zero attached hydrogens (tertiary/aromatic N) is 4. The Labute approximate surface area is 95.4 Å². The Kier molecular flexibility index (Phi) is 3.39. The number of aliphatic imine (C=N–C) groups is 1. The number of para-hydroxylation sites is 1. The van der Waals surface area contributed by atoms with Crippen LogP contribution in [0.3, 0.4) is 0 Å². The van der Waals surface area contributed by atoms with Crippen LogP contribution in [0.2, 0.25) is 0 Å². The van der Waals surface area contributed by atoms with E-state index in [1.807, 2.05) is 6.07 Å². The largest absolute Gasteiger partial charge is 0.368 e. The van der Waals surface area contributed by atoms with Crippen molar-refractivity contribution in [3.8, 4) is 6.19 Å². The first-order valence-corrected chi connectivity index (χ1v) is 5.36. The number of piperazine rings is 1. The molecule has 2 rings (SSSR count). The Balaban J connectivity index is 1.91. The molecule has 0 aromatic heterocycles. The van der Waals surface area contributed by atoms with E-state index in [4.69, 9.17) is 5.26 Å². The van der Waals surface area contributed by atoms with Gasteiger partial charge in [0.05, 0.1) is 0 Å². The highest BCUT2D eigenvalue weighted by Crippen LogP contribution is 2.14. The predicted molar refractivity (Wildman–Crippen MR) is 64.3 cm³/mol. The van der Waals surface area contributed by atoms with Crippen molar-refractivity contribution >= 4 is 12.0 Å².